The summed E-state index contributed by atoms with van der Waals surface area (Å²) < 4.78 is 0. The summed E-state index contributed by atoms with van der Waals surface area (Å²) in [6.07, 6.45) is 2.64. The molecule has 4 unspecified atom stereocenters. The van der Waals surface area contributed by atoms with E-state index in [4.69, 9.17) is 11.5 Å². The SMILES string of the molecule is NC(=O)CC(NC(=O)C(Cc1c[nH]c2ccccc12)NC(=O)C(Cc1c[nH]c2ccccc12)NC(=O)C(N)CO)C(=O)O. The van der Waals surface area contributed by atoms with Gasteiger partial charge in [-0.05, 0) is 23.3 Å². The molecular formula is C29H33N7O7. The molecule has 2 aromatic heterocycles. The number of carbonyl (C=O) groups excluding carboxylic acids is 4. The summed E-state index contributed by atoms with van der Waals surface area (Å²) in [6, 6.07) is 9.15. The number of para-hydroxylation sites is 2. The quantitative estimate of drug-likeness (QED) is 0.0893. The van der Waals surface area contributed by atoms with E-state index in [1.165, 1.54) is 0 Å². The van der Waals surface area contributed by atoms with E-state index in [2.05, 4.69) is 25.9 Å². The molecule has 2 aromatic carbocycles. The van der Waals surface area contributed by atoms with Crippen molar-refractivity contribution >= 4 is 51.4 Å². The zero-order valence-electron chi connectivity index (χ0n) is 23.0. The second-order valence-electron chi connectivity index (χ2n) is 10.1. The highest BCUT2D eigenvalue weighted by Gasteiger charge is 2.32. The van der Waals surface area contributed by atoms with Gasteiger partial charge in [0, 0.05) is 47.0 Å². The highest BCUT2D eigenvalue weighted by atomic mass is 16.4. The summed E-state index contributed by atoms with van der Waals surface area (Å²) in [5, 5.41) is 27.9. The minimum absolute atomic E-state index is 0.000581. The molecule has 43 heavy (non-hydrogen) atoms. The monoisotopic (exact) mass is 591 g/mol. The number of H-pyrrole nitrogens is 2. The standard InChI is InChI=1S/C29H33N7O7/c30-19(14-37)26(39)34-22(9-15-12-32-20-7-3-1-5-17(15)20)27(40)35-23(28(41)36-24(29(42)43)11-25(31)38)10-16-13-33-21-8-4-2-6-18(16)21/h1-8,12-13,19,22-24,32-33,37H,9-11,14,30H2,(H2,31,38)(H,34,39)(H,35,40)(H,36,41)(H,42,43). The van der Waals surface area contributed by atoms with Gasteiger partial charge in [-0.25, -0.2) is 4.79 Å². The van der Waals surface area contributed by atoms with Crippen LogP contribution in [0, 0.1) is 0 Å². The van der Waals surface area contributed by atoms with Crippen molar-refractivity contribution < 1.29 is 34.2 Å². The lowest BCUT2D eigenvalue weighted by atomic mass is 10.0. The first-order valence-corrected chi connectivity index (χ1v) is 13.5. The van der Waals surface area contributed by atoms with Crippen molar-refractivity contribution in [2.24, 2.45) is 11.5 Å². The third kappa shape index (κ3) is 7.55. The zero-order chi connectivity index (χ0) is 31.1. The molecule has 14 nitrogen and oxygen atoms in total. The van der Waals surface area contributed by atoms with E-state index in [1.807, 2.05) is 42.5 Å². The molecule has 0 saturated carbocycles. The van der Waals surface area contributed by atoms with Crippen LogP contribution in [0.25, 0.3) is 21.8 Å². The van der Waals surface area contributed by atoms with E-state index in [0.717, 1.165) is 21.8 Å². The molecule has 4 rings (SSSR count). The highest BCUT2D eigenvalue weighted by Crippen LogP contribution is 2.21. The van der Waals surface area contributed by atoms with Gasteiger partial charge in [-0.3, -0.25) is 19.2 Å². The Labute approximate surface area is 245 Å². The van der Waals surface area contributed by atoms with Crippen LogP contribution in [0.5, 0.6) is 0 Å². The molecule has 4 aromatic rings. The Balaban J connectivity index is 1.64. The number of aliphatic carboxylic acids is 1. The highest BCUT2D eigenvalue weighted by molar-refractivity contribution is 5.96. The Bertz CT molecular complexity index is 1650. The average Bonchev–Trinajstić information content (AvgIpc) is 3.59. The molecule has 0 saturated heterocycles. The topological polar surface area (TPSA) is 246 Å². The van der Waals surface area contributed by atoms with Crippen LogP contribution in [-0.2, 0) is 36.8 Å². The number of amides is 4. The number of benzene rings is 2. The number of fused-ring (bicyclic) bond motifs is 2. The van der Waals surface area contributed by atoms with Crippen molar-refractivity contribution in [1.29, 1.82) is 0 Å². The number of aliphatic hydroxyl groups excluding tert-OH is 1. The zero-order valence-corrected chi connectivity index (χ0v) is 23.0. The number of carbonyl (C=O) groups is 5. The molecule has 0 radical (unpaired) electrons. The molecule has 0 fully saturated rings. The summed E-state index contributed by atoms with van der Waals surface area (Å²) in [5.41, 5.74) is 13.8. The van der Waals surface area contributed by atoms with E-state index in [1.54, 1.807) is 18.5 Å². The molecule has 226 valence electrons. The second kappa shape index (κ2) is 13.6. The molecule has 4 atom stereocenters. The van der Waals surface area contributed by atoms with Crippen LogP contribution in [0.15, 0.2) is 60.9 Å². The van der Waals surface area contributed by atoms with Crippen molar-refractivity contribution in [3.8, 4) is 0 Å². The van der Waals surface area contributed by atoms with E-state index < -0.39 is 66.8 Å². The van der Waals surface area contributed by atoms with Gasteiger partial charge in [-0.1, -0.05) is 36.4 Å². The molecule has 0 aliphatic rings. The molecule has 14 heteroatoms. The number of aromatic nitrogens is 2. The lowest BCUT2D eigenvalue weighted by Crippen LogP contribution is -2.58. The van der Waals surface area contributed by atoms with Gasteiger partial charge >= 0.3 is 5.97 Å². The fraction of sp³-hybridized carbons (Fsp3) is 0.276. The number of hydrogen-bond acceptors (Lipinski definition) is 7. The number of aromatic amines is 2. The van der Waals surface area contributed by atoms with Crippen molar-refractivity contribution in [1.82, 2.24) is 25.9 Å². The number of primary amides is 1. The van der Waals surface area contributed by atoms with E-state index >= 15 is 0 Å². The predicted octanol–water partition coefficient (Wildman–Crippen LogP) is -0.832. The number of nitrogens with two attached hydrogens (primary N) is 2. The Morgan fingerprint density at radius 2 is 1.16 bits per heavy atom. The van der Waals surface area contributed by atoms with Gasteiger partial charge in [0.25, 0.3) is 0 Å². The maximum Gasteiger partial charge on any atom is 0.326 e. The summed E-state index contributed by atoms with van der Waals surface area (Å²) in [5.74, 6) is -4.84. The van der Waals surface area contributed by atoms with Crippen LogP contribution < -0.4 is 27.4 Å². The minimum atomic E-state index is -1.63. The van der Waals surface area contributed by atoms with Crippen LogP contribution >= 0.6 is 0 Å². The Morgan fingerprint density at radius 3 is 1.60 bits per heavy atom. The van der Waals surface area contributed by atoms with Crippen LogP contribution in [0.4, 0.5) is 0 Å². The minimum Gasteiger partial charge on any atom is -0.480 e. The summed E-state index contributed by atoms with van der Waals surface area (Å²) in [7, 11) is 0. The van der Waals surface area contributed by atoms with Crippen molar-refractivity contribution in [3.05, 3.63) is 72.1 Å². The summed E-state index contributed by atoms with van der Waals surface area (Å²) >= 11 is 0. The van der Waals surface area contributed by atoms with E-state index in [0.29, 0.717) is 11.1 Å². The molecule has 0 bridgehead atoms. The Morgan fingerprint density at radius 1 is 0.721 bits per heavy atom. The first kappa shape index (κ1) is 30.7. The lowest BCUT2D eigenvalue weighted by molar-refractivity contribution is -0.143. The molecule has 4 amide bonds. The van der Waals surface area contributed by atoms with Crippen LogP contribution in [0.1, 0.15) is 17.5 Å². The predicted molar refractivity (Wildman–Crippen MR) is 156 cm³/mol. The number of nitrogens with one attached hydrogen (secondary N) is 5. The van der Waals surface area contributed by atoms with Gasteiger partial charge < -0.3 is 47.6 Å². The fourth-order valence-electron chi connectivity index (χ4n) is 4.77. The number of rotatable bonds is 14. The van der Waals surface area contributed by atoms with Crippen LogP contribution in [-0.4, -0.2) is 80.6 Å². The summed E-state index contributed by atoms with van der Waals surface area (Å²) in [4.78, 5) is 69.2. The number of carboxylic acid groups (broad SMARTS) is 1. The van der Waals surface area contributed by atoms with Gasteiger partial charge in [0.1, 0.15) is 24.2 Å². The summed E-state index contributed by atoms with van der Waals surface area (Å²) in [6.45, 7) is -0.657. The van der Waals surface area contributed by atoms with Crippen molar-refractivity contribution in [3.63, 3.8) is 0 Å². The van der Waals surface area contributed by atoms with Gasteiger partial charge in [-0.2, -0.15) is 0 Å². The first-order chi connectivity index (χ1) is 20.6. The number of hydrogen-bond donors (Lipinski definition) is 9. The Kier molecular flexibility index (Phi) is 9.75. The van der Waals surface area contributed by atoms with Crippen LogP contribution in [0.3, 0.4) is 0 Å². The second-order valence-corrected chi connectivity index (χ2v) is 10.1. The average molecular weight is 592 g/mol. The van der Waals surface area contributed by atoms with E-state index in [-0.39, 0.29) is 12.8 Å². The fourth-order valence-corrected chi connectivity index (χ4v) is 4.77. The third-order valence-electron chi connectivity index (χ3n) is 7.02. The van der Waals surface area contributed by atoms with Crippen molar-refractivity contribution in [2.45, 2.75) is 43.4 Å². The molecular weight excluding hydrogens is 558 g/mol. The molecule has 0 spiro atoms. The molecule has 0 aliphatic carbocycles. The Hall–Kier alpha value is -5.21. The lowest BCUT2D eigenvalue weighted by Gasteiger charge is -2.25. The van der Waals surface area contributed by atoms with Crippen LogP contribution in [0.2, 0.25) is 0 Å². The normalized spacial score (nSPS) is 14.0. The smallest absolute Gasteiger partial charge is 0.326 e. The molecule has 2 heterocycles. The van der Waals surface area contributed by atoms with Gasteiger partial charge in [0.2, 0.25) is 23.6 Å². The number of carboxylic acids is 1. The first-order valence-electron chi connectivity index (χ1n) is 13.5. The maximum absolute atomic E-state index is 13.7. The van der Waals surface area contributed by atoms with Crippen molar-refractivity contribution in [2.75, 3.05) is 6.61 Å². The third-order valence-corrected chi connectivity index (χ3v) is 7.02. The molecule has 11 N–H and O–H groups in total. The molecule has 0 aliphatic heterocycles. The number of aliphatic hydroxyl groups is 1. The van der Waals surface area contributed by atoms with Gasteiger partial charge in [0.05, 0.1) is 13.0 Å². The van der Waals surface area contributed by atoms with E-state index in [9.17, 15) is 34.2 Å². The largest absolute Gasteiger partial charge is 0.480 e. The maximum atomic E-state index is 13.7. The van der Waals surface area contributed by atoms with Gasteiger partial charge in [-0.15, -0.1) is 0 Å². The van der Waals surface area contributed by atoms with Gasteiger partial charge in [0.15, 0.2) is 0 Å².